The fourth-order valence-corrected chi connectivity index (χ4v) is 4.80. The van der Waals surface area contributed by atoms with Gasteiger partial charge in [0.15, 0.2) is 0 Å². The zero-order valence-corrected chi connectivity index (χ0v) is 20.1. The molecule has 2 aromatic carbocycles. The molecule has 1 amide bonds. The Balaban J connectivity index is 0.00000324. The molecule has 7 heteroatoms. The van der Waals surface area contributed by atoms with E-state index in [1.165, 1.54) is 11.0 Å². The highest BCUT2D eigenvalue weighted by molar-refractivity contribution is 7.98. The minimum absolute atomic E-state index is 0. The number of nitrogens with zero attached hydrogens (tertiary/aromatic N) is 4. The molecule has 1 aromatic heterocycles. The number of hydrogen-bond donors (Lipinski definition) is 0. The summed E-state index contributed by atoms with van der Waals surface area (Å²) < 4.78 is 14.9. The number of likely N-dealkylation sites (N-methyl/N-ethyl adjacent to an activating group) is 1. The summed E-state index contributed by atoms with van der Waals surface area (Å²) >= 11 is 1.65. The number of halogens is 1. The maximum Gasteiger partial charge on any atom is 0.258 e. The van der Waals surface area contributed by atoms with Crippen LogP contribution >= 0.6 is 11.8 Å². The summed E-state index contributed by atoms with van der Waals surface area (Å²) in [5.74, 6) is 0.312. The van der Waals surface area contributed by atoms with Crippen molar-refractivity contribution in [3.63, 3.8) is 0 Å². The smallest absolute Gasteiger partial charge is 0.258 e. The number of hydrogen-bond acceptors (Lipinski definition) is 5. The molecule has 2 heterocycles. The van der Waals surface area contributed by atoms with E-state index in [1.807, 2.05) is 48.5 Å². The van der Waals surface area contributed by atoms with Crippen LogP contribution < -0.4 is 9.80 Å². The van der Waals surface area contributed by atoms with E-state index in [2.05, 4.69) is 28.9 Å². The van der Waals surface area contributed by atoms with Gasteiger partial charge in [-0.15, -0.1) is 11.8 Å². The zero-order valence-electron chi connectivity index (χ0n) is 19.2. The van der Waals surface area contributed by atoms with Crippen LogP contribution in [0.15, 0.2) is 71.9 Å². The molecule has 1 saturated heterocycles. The molecule has 4 rings (SSSR count). The third-order valence-corrected chi connectivity index (χ3v) is 7.10. The maximum absolute atomic E-state index is 14.9. The van der Waals surface area contributed by atoms with Gasteiger partial charge in [0.1, 0.15) is 5.82 Å². The summed E-state index contributed by atoms with van der Waals surface area (Å²) in [7, 11) is 5.79. The lowest BCUT2D eigenvalue weighted by Crippen LogP contribution is -2.31. The molecule has 0 spiro atoms. The number of carbonyl (C=O) groups excluding carboxylic acids is 1. The Kier molecular flexibility index (Phi) is 7.30. The molecule has 1 aliphatic rings. The van der Waals surface area contributed by atoms with Gasteiger partial charge < -0.3 is 14.7 Å². The van der Waals surface area contributed by atoms with E-state index >= 15 is 0 Å². The summed E-state index contributed by atoms with van der Waals surface area (Å²) in [4.78, 5) is 23.0. The second-order valence-corrected chi connectivity index (χ2v) is 9.50. The van der Waals surface area contributed by atoms with E-state index in [0.29, 0.717) is 23.0 Å². The number of amides is 1. The molecule has 174 valence electrons. The first-order valence-electron chi connectivity index (χ1n) is 11.0. The molecule has 5 nitrogen and oxygen atoms in total. The molecule has 1 fully saturated rings. The predicted octanol–water partition coefficient (Wildman–Crippen LogP) is 5.18. The van der Waals surface area contributed by atoms with Gasteiger partial charge in [-0.2, -0.15) is 0 Å². The van der Waals surface area contributed by atoms with E-state index in [0.717, 1.165) is 35.9 Å². The number of pyridine rings is 1. The maximum atomic E-state index is 14.9. The molecule has 0 saturated carbocycles. The number of anilines is 2. The highest BCUT2D eigenvalue weighted by Gasteiger charge is 2.26. The Bertz CT molecular complexity index is 1100. The third kappa shape index (κ3) is 5.54. The first-order chi connectivity index (χ1) is 15.9. The van der Waals surface area contributed by atoms with Crippen molar-refractivity contribution in [2.24, 2.45) is 0 Å². The van der Waals surface area contributed by atoms with Gasteiger partial charge in [-0.25, -0.2) is 9.37 Å². The largest absolute Gasteiger partial charge is 0.368 e. The van der Waals surface area contributed by atoms with E-state index < -0.39 is 0 Å². The fraction of sp³-hybridized carbons (Fsp3) is 0.308. The molecular weight excluding hydrogens is 435 g/mol. The Hall–Kier alpha value is -2.90. The van der Waals surface area contributed by atoms with Crippen molar-refractivity contribution in [2.45, 2.75) is 23.2 Å². The number of thioether (sulfide) groups is 1. The van der Waals surface area contributed by atoms with Crippen LogP contribution in [0.1, 0.15) is 23.8 Å². The van der Waals surface area contributed by atoms with Crippen molar-refractivity contribution in [1.29, 1.82) is 0 Å². The topological polar surface area (TPSA) is 39.7 Å². The number of aromatic nitrogens is 1. The molecule has 1 atom stereocenters. The van der Waals surface area contributed by atoms with Gasteiger partial charge >= 0.3 is 0 Å². The standard InChI is InChI=1S/C26H29FN4OS.H2/c1-29(2)22-13-15-31(17-22)24-12-11-21(16-23(24)27)30(3)26(32)20-9-7-19(8-10-20)18-33-25-6-4-5-14-28-25;/h4-12,14,16,22H,13,15,17-18H2,1-3H3;1H. The van der Waals surface area contributed by atoms with E-state index in [9.17, 15) is 9.18 Å². The predicted molar refractivity (Wildman–Crippen MR) is 136 cm³/mol. The Labute approximate surface area is 200 Å². The highest BCUT2D eigenvalue weighted by atomic mass is 32.2. The Morgan fingerprint density at radius 2 is 1.94 bits per heavy atom. The molecule has 1 aliphatic heterocycles. The van der Waals surface area contributed by atoms with Crippen molar-refractivity contribution in [1.82, 2.24) is 9.88 Å². The average molecular weight is 467 g/mol. The molecule has 3 aromatic rings. The summed E-state index contributed by atoms with van der Waals surface area (Å²) in [6.07, 6.45) is 2.80. The Morgan fingerprint density at radius 3 is 2.58 bits per heavy atom. The van der Waals surface area contributed by atoms with Crippen LogP contribution in [-0.4, -0.2) is 56.1 Å². The minimum atomic E-state index is -0.298. The molecule has 0 bridgehead atoms. The highest BCUT2D eigenvalue weighted by Crippen LogP contribution is 2.29. The second kappa shape index (κ2) is 10.4. The molecule has 0 radical (unpaired) electrons. The lowest BCUT2D eigenvalue weighted by Gasteiger charge is -2.23. The van der Waals surface area contributed by atoms with Gasteiger partial charge in [0.25, 0.3) is 5.91 Å². The zero-order chi connectivity index (χ0) is 23.4. The van der Waals surface area contributed by atoms with Crippen LogP contribution in [0.2, 0.25) is 0 Å². The van der Waals surface area contributed by atoms with Crippen molar-refractivity contribution >= 4 is 29.0 Å². The summed E-state index contributed by atoms with van der Waals surface area (Å²) in [5, 5.41) is 0.967. The van der Waals surface area contributed by atoms with Crippen molar-refractivity contribution in [3.05, 3.63) is 83.8 Å². The SMILES string of the molecule is CN(C(=O)c1ccc(CSc2ccccn2)cc1)c1ccc(N2CCC(N(C)C)C2)c(F)c1.[HH]. The third-order valence-electron chi connectivity index (χ3n) is 6.08. The van der Waals surface area contributed by atoms with Crippen LogP contribution in [0.3, 0.4) is 0 Å². The first kappa shape index (κ1) is 23.3. The van der Waals surface area contributed by atoms with Gasteiger partial charge in [0, 0.05) is 50.8 Å². The second-order valence-electron chi connectivity index (χ2n) is 8.51. The summed E-state index contributed by atoms with van der Waals surface area (Å²) in [5.41, 5.74) is 2.82. The first-order valence-corrected chi connectivity index (χ1v) is 12.0. The summed E-state index contributed by atoms with van der Waals surface area (Å²) in [6, 6.07) is 18.9. The van der Waals surface area contributed by atoms with Crippen LogP contribution in [0.5, 0.6) is 0 Å². The quantitative estimate of drug-likeness (QED) is 0.449. The monoisotopic (exact) mass is 466 g/mol. The van der Waals surface area contributed by atoms with Gasteiger partial charge in [-0.1, -0.05) is 18.2 Å². The van der Waals surface area contributed by atoms with Gasteiger partial charge in [0.05, 0.1) is 10.7 Å². The van der Waals surface area contributed by atoms with Gasteiger partial charge in [-0.05, 0) is 68.5 Å². The molecule has 0 aliphatic carbocycles. The lowest BCUT2D eigenvalue weighted by molar-refractivity contribution is 0.0993. The normalized spacial score (nSPS) is 15.8. The van der Waals surface area contributed by atoms with Crippen molar-refractivity contribution in [2.75, 3.05) is 44.0 Å². The molecule has 0 N–H and O–H groups in total. The number of rotatable bonds is 7. The lowest BCUT2D eigenvalue weighted by atomic mass is 10.1. The van der Waals surface area contributed by atoms with Crippen LogP contribution in [0, 0.1) is 5.82 Å². The fourth-order valence-electron chi connectivity index (χ4n) is 3.99. The molecular formula is C26H31FN4OS. The Morgan fingerprint density at radius 1 is 1.15 bits per heavy atom. The van der Waals surface area contributed by atoms with Gasteiger partial charge in [0.2, 0.25) is 0 Å². The summed E-state index contributed by atoms with van der Waals surface area (Å²) in [6.45, 7) is 1.64. The van der Waals surface area contributed by atoms with E-state index in [4.69, 9.17) is 0 Å². The minimum Gasteiger partial charge on any atom is -0.368 e. The molecule has 33 heavy (non-hydrogen) atoms. The van der Waals surface area contributed by atoms with Crippen LogP contribution in [0.25, 0.3) is 0 Å². The van der Waals surface area contributed by atoms with Crippen LogP contribution in [0.4, 0.5) is 15.8 Å². The number of carbonyl (C=O) groups is 1. The molecule has 1 unspecified atom stereocenters. The van der Waals surface area contributed by atoms with Crippen molar-refractivity contribution in [3.8, 4) is 0 Å². The van der Waals surface area contributed by atoms with Crippen molar-refractivity contribution < 1.29 is 10.6 Å². The van der Waals surface area contributed by atoms with Gasteiger partial charge in [-0.3, -0.25) is 4.79 Å². The van der Waals surface area contributed by atoms with Crippen LogP contribution in [-0.2, 0) is 5.75 Å². The van der Waals surface area contributed by atoms with E-state index in [1.54, 1.807) is 31.1 Å². The van der Waals surface area contributed by atoms with E-state index in [-0.39, 0.29) is 13.2 Å². The average Bonchev–Trinajstić information content (AvgIpc) is 3.33. The number of benzene rings is 2.